The quantitative estimate of drug-likeness (QED) is 0.817. The first-order chi connectivity index (χ1) is 8.31. The molecule has 6 heteroatoms. The van der Waals surface area contributed by atoms with Crippen molar-refractivity contribution in [3.63, 3.8) is 0 Å². The van der Waals surface area contributed by atoms with Gasteiger partial charge >= 0.3 is 0 Å². The molecule has 1 aromatic carbocycles. The van der Waals surface area contributed by atoms with Crippen molar-refractivity contribution in [2.24, 2.45) is 11.7 Å². The maximum absolute atomic E-state index is 12.9. The maximum atomic E-state index is 12.9. The Kier molecular flexibility index (Phi) is 4.72. The van der Waals surface area contributed by atoms with Crippen LogP contribution in [0.25, 0.3) is 0 Å². The highest BCUT2D eigenvalue weighted by Gasteiger charge is 2.17. The molecule has 0 fully saturated rings. The highest BCUT2D eigenvalue weighted by molar-refractivity contribution is 5.94. The molecule has 1 atom stereocenters. The minimum absolute atomic E-state index is 0.157. The van der Waals surface area contributed by atoms with Gasteiger partial charge in [0.25, 0.3) is 0 Å². The predicted octanol–water partition coefficient (Wildman–Crippen LogP) is 2.42. The summed E-state index contributed by atoms with van der Waals surface area (Å²) in [4.78, 5) is 11.6. The van der Waals surface area contributed by atoms with Gasteiger partial charge in [0.05, 0.1) is 6.04 Å². The fourth-order valence-corrected chi connectivity index (χ4v) is 1.48. The zero-order valence-corrected chi connectivity index (χ0v) is 10.1. The Balaban J connectivity index is 2.76. The molecule has 18 heavy (non-hydrogen) atoms. The van der Waals surface area contributed by atoms with Crippen LogP contribution in [-0.4, -0.2) is 11.9 Å². The summed E-state index contributed by atoms with van der Waals surface area (Å²) < 4.78 is 38.5. The van der Waals surface area contributed by atoms with Crippen LogP contribution in [0, 0.1) is 23.4 Å². The third-order valence-electron chi connectivity index (χ3n) is 2.31. The number of amides is 1. The monoisotopic (exact) mass is 260 g/mol. The second kappa shape index (κ2) is 5.86. The van der Waals surface area contributed by atoms with Crippen LogP contribution in [0.4, 0.5) is 18.9 Å². The fourth-order valence-electron chi connectivity index (χ4n) is 1.48. The van der Waals surface area contributed by atoms with E-state index in [4.69, 9.17) is 5.73 Å². The van der Waals surface area contributed by atoms with E-state index in [1.165, 1.54) is 0 Å². The average Bonchev–Trinajstić information content (AvgIpc) is 2.24. The first-order valence-electron chi connectivity index (χ1n) is 5.52. The van der Waals surface area contributed by atoms with E-state index in [1.807, 2.05) is 13.8 Å². The number of anilines is 1. The normalized spacial score (nSPS) is 12.6. The first-order valence-corrected chi connectivity index (χ1v) is 5.52. The summed E-state index contributed by atoms with van der Waals surface area (Å²) in [6.45, 7) is 3.79. The number of carbonyl (C=O) groups excluding carboxylic acids is 1. The molecular formula is C12H15F3N2O. The molecule has 1 amide bonds. The van der Waals surface area contributed by atoms with Crippen molar-refractivity contribution in [1.82, 2.24) is 0 Å². The van der Waals surface area contributed by atoms with E-state index < -0.39 is 29.4 Å². The Bertz CT molecular complexity index is 426. The molecule has 0 aliphatic carbocycles. The molecule has 0 spiro atoms. The number of rotatable bonds is 4. The lowest BCUT2D eigenvalue weighted by molar-refractivity contribution is -0.117. The van der Waals surface area contributed by atoms with Crippen LogP contribution in [0.1, 0.15) is 20.3 Å². The van der Waals surface area contributed by atoms with E-state index in [1.54, 1.807) is 0 Å². The Morgan fingerprint density at radius 3 is 2.22 bits per heavy atom. The van der Waals surface area contributed by atoms with Crippen LogP contribution in [0.5, 0.6) is 0 Å². The highest BCUT2D eigenvalue weighted by atomic mass is 19.2. The van der Waals surface area contributed by atoms with E-state index in [0.29, 0.717) is 18.6 Å². The van der Waals surface area contributed by atoms with Gasteiger partial charge in [-0.25, -0.2) is 13.2 Å². The lowest BCUT2D eigenvalue weighted by Gasteiger charge is -2.14. The minimum atomic E-state index is -1.57. The smallest absolute Gasteiger partial charge is 0.241 e. The number of halogens is 3. The largest absolute Gasteiger partial charge is 0.325 e. The van der Waals surface area contributed by atoms with Gasteiger partial charge in [-0.3, -0.25) is 4.79 Å². The first kappa shape index (κ1) is 14.5. The number of nitrogens with one attached hydrogen (secondary N) is 1. The van der Waals surface area contributed by atoms with Crippen molar-refractivity contribution in [2.45, 2.75) is 26.3 Å². The fraction of sp³-hybridized carbons (Fsp3) is 0.417. The van der Waals surface area contributed by atoms with Crippen molar-refractivity contribution in [2.75, 3.05) is 5.32 Å². The summed E-state index contributed by atoms with van der Waals surface area (Å²) in [6, 6.07) is 0.637. The van der Waals surface area contributed by atoms with Gasteiger partial charge in [-0.2, -0.15) is 0 Å². The van der Waals surface area contributed by atoms with Gasteiger partial charge in [-0.15, -0.1) is 0 Å². The Hall–Kier alpha value is -1.56. The molecule has 0 radical (unpaired) electrons. The lowest BCUT2D eigenvalue weighted by Crippen LogP contribution is -2.36. The molecule has 1 aromatic rings. The van der Waals surface area contributed by atoms with Crippen LogP contribution >= 0.6 is 0 Å². The Labute approximate surface area is 103 Å². The number of nitrogens with two attached hydrogens (primary N) is 1. The molecule has 1 unspecified atom stereocenters. The molecule has 0 aromatic heterocycles. The highest BCUT2D eigenvalue weighted by Crippen LogP contribution is 2.17. The third-order valence-corrected chi connectivity index (χ3v) is 2.31. The van der Waals surface area contributed by atoms with Gasteiger partial charge in [0.1, 0.15) is 0 Å². The molecular weight excluding hydrogens is 245 g/mol. The lowest BCUT2D eigenvalue weighted by atomic mass is 10.0. The SMILES string of the molecule is CC(C)CC(N)C(=O)Nc1cc(F)c(F)c(F)c1. The number of hydrogen-bond acceptors (Lipinski definition) is 2. The van der Waals surface area contributed by atoms with Crippen molar-refractivity contribution in [3.8, 4) is 0 Å². The third kappa shape index (κ3) is 3.73. The number of carbonyl (C=O) groups is 1. The van der Waals surface area contributed by atoms with Crippen molar-refractivity contribution >= 4 is 11.6 Å². The molecule has 3 N–H and O–H groups in total. The average molecular weight is 260 g/mol. The molecule has 0 bridgehead atoms. The van der Waals surface area contributed by atoms with Crippen LogP contribution in [0.15, 0.2) is 12.1 Å². The van der Waals surface area contributed by atoms with Gasteiger partial charge < -0.3 is 11.1 Å². The standard InChI is InChI=1S/C12H15F3N2O/c1-6(2)3-10(16)12(18)17-7-4-8(13)11(15)9(14)5-7/h4-6,10H,3,16H2,1-2H3,(H,17,18). The molecule has 0 aliphatic heterocycles. The zero-order chi connectivity index (χ0) is 13.9. The summed E-state index contributed by atoms with van der Waals surface area (Å²) in [5.41, 5.74) is 5.44. The summed E-state index contributed by atoms with van der Waals surface area (Å²) in [5.74, 6) is -4.63. The van der Waals surface area contributed by atoms with E-state index >= 15 is 0 Å². The van der Waals surface area contributed by atoms with E-state index in [2.05, 4.69) is 5.32 Å². The second-order valence-electron chi connectivity index (χ2n) is 4.48. The topological polar surface area (TPSA) is 55.1 Å². The van der Waals surface area contributed by atoms with Gasteiger partial charge in [0.15, 0.2) is 17.5 Å². The van der Waals surface area contributed by atoms with Crippen molar-refractivity contribution < 1.29 is 18.0 Å². The van der Waals surface area contributed by atoms with Crippen LogP contribution < -0.4 is 11.1 Å². The zero-order valence-electron chi connectivity index (χ0n) is 10.1. The molecule has 0 saturated carbocycles. The predicted molar refractivity (Wildman–Crippen MR) is 62.4 cm³/mol. The number of benzene rings is 1. The van der Waals surface area contributed by atoms with Crippen LogP contribution in [0.3, 0.4) is 0 Å². The van der Waals surface area contributed by atoms with E-state index in [9.17, 15) is 18.0 Å². The summed E-state index contributed by atoms with van der Waals surface area (Å²) in [7, 11) is 0. The number of hydrogen-bond donors (Lipinski definition) is 2. The minimum Gasteiger partial charge on any atom is -0.325 e. The molecule has 0 saturated heterocycles. The van der Waals surface area contributed by atoms with Gasteiger partial charge in [-0.05, 0) is 12.3 Å². The molecule has 1 rings (SSSR count). The molecule has 0 heterocycles. The Morgan fingerprint density at radius 1 is 1.28 bits per heavy atom. The Morgan fingerprint density at radius 2 is 1.78 bits per heavy atom. The van der Waals surface area contributed by atoms with Gasteiger partial charge in [-0.1, -0.05) is 13.8 Å². The summed E-state index contributed by atoms with van der Waals surface area (Å²) in [6.07, 6.45) is 0.442. The molecule has 3 nitrogen and oxygen atoms in total. The van der Waals surface area contributed by atoms with E-state index in [-0.39, 0.29) is 11.6 Å². The summed E-state index contributed by atoms with van der Waals surface area (Å²) >= 11 is 0. The maximum Gasteiger partial charge on any atom is 0.241 e. The second-order valence-corrected chi connectivity index (χ2v) is 4.48. The van der Waals surface area contributed by atoms with Crippen molar-refractivity contribution in [1.29, 1.82) is 0 Å². The van der Waals surface area contributed by atoms with Crippen LogP contribution in [0.2, 0.25) is 0 Å². The molecule has 0 aliphatic rings. The summed E-state index contributed by atoms with van der Waals surface area (Å²) in [5, 5.41) is 2.25. The molecule has 100 valence electrons. The van der Waals surface area contributed by atoms with E-state index in [0.717, 1.165) is 0 Å². The van der Waals surface area contributed by atoms with Gasteiger partial charge in [0.2, 0.25) is 5.91 Å². The van der Waals surface area contributed by atoms with Crippen LogP contribution in [-0.2, 0) is 4.79 Å². The van der Waals surface area contributed by atoms with Gasteiger partial charge in [0, 0.05) is 17.8 Å². The van der Waals surface area contributed by atoms with Crippen molar-refractivity contribution in [3.05, 3.63) is 29.6 Å².